The number of aromatic amines is 1. The number of aryl methyl sites for hydroxylation is 1. The molecule has 0 bridgehead atoms. The molecule has 8 nitrogen and oxygen atoms in total. The average Bonchev–Trinajstić information content (AvgIpc) is 3.32. The zero-order valence-electron chi connectivity index (χ0n) is 16.1. The number of halogens is 4. The lowest BCUT2D eigenvalue weighted by molar-refractivity contribution is -0.671. The fourth-order valence-corrected chi connectivity index (χ4v) is 3.78. The molecule has 158 valence electrons. The predicted octanol–water partition coefficient (Wildman–Crippen LogP) is 2.56. The number of fused-ring (bicyclic) bond motifs is 1. The number of hydrogen-bond donors (Lipinski definition) is 1. The molecule has 1 aliphatic heterocycles. The van der Waals surface area contributed by atoms with E-state index in [0.717, 1.165) is 18.4 Å². The zero-order valence-corrected chi connectivity index (χ0v) is 16.9. The first-order valence-electron chi connectivity index (χ1n) is 9.25. The number of rotatable bonds is 3. The van der Waals surface area contributed by atoms with E-state index in [1.54, 1.807) is 9.36 Å². The van der Waals surface area contributed by atoms with Crippen LogP contribution in [0.25, 0.3) is 5.82 Å². The molecular formula is C18H18ClF3N7O+. The largest absolute Gasteiger partial charge is 0.434 e. The van der Waals surface area contributed by atoms with Gasteiger partial charge >= 0.3 is 12.0 Å². The van der Waals surface area contributed by atoms with Crippen LogP contribution < -0.4 is 4.68 Å². The zero-order chi connectivity index (χ0) is 21.6. The Labute approximate surface area is 174 Å². The maximum atomic E-state index is 13.1. The molecule has 1 N–H and O–H groups in total. The fourth-order valence-electron chi connectivity index (χ4n) is 3.48. The molecule has 0 radical (unpaired) electrons. The van der Waals surface area contributed by atoms with Crippen molar-refractivity contribution < 1.29 is 22.6 Å². The van der Waals surface area contributed by atoms with Crippen molar-refractivity contribution in [2.75, 3.05) is 0 Å². The van der Waals surface area contributed by atoms with Crippen molar-refractivity contribution >= 4 is 17.5 Å². The summed E-state index contributed by atoms with van der Waals surface area (Å²) in [6.07, 6.45) is -1.51. The molecule has 3 aromatic heterocycles. The Morgan fingerprint density at radius 2 is 2.17 bits per heavy atom. The quantitative estimate of drug-likeness (QED) is 0.634. The maximum absolute atomic E-state index is 13.1. The van der Waals surface area contributed by atoms with Gasteiger partial charge in [0, 0.05) is 30.9 Å². The molecule has 0 saturated heterocycles. The summed E-state index contributed by atoms with van der Waals surface area (Å²) in [4.78, 5) is 17.8. The van der Waals surface area contributed by atoms with Crippen LogP contribution in [0.3, 0.4) is 0 Å². The van der Waals surface area contributed by atoms with Crippen molar-refractivity contribution in [1.82, 2.24) is 30.0 Å². The van der Waals surface area contributed by atoms with Gasteiger partial charge in [-0.1, -0.05) is 11.6 Å². The molecule has 4 rings (SSSR count). The highest BCUT2D eigenvalue weighted by atomic mass is 35.5. The van der Waals surface area contributed by atoms with E-state index in [-0.39, 0.29) is 18.2 Å². The normalized spacial score (nSPS) is 16.6. The molecule has 0 spiro atoms. The summed E-state index contributed by atoms with van der Waals surface area (Å²) in [7, 11) is 0. The Bertz CT molecular complexity index is 1110. The number of carbonyl (C=O) groups excluding carboxylic acids is 1. The van der Waals surface area contributed by atoms with Crippen LogP contribution in [-0.2, 0) is 25.7 Å². The van der Waals surface area contributed by atoms with Crippen molar-refractivity contribution in [1.29, 1.82) is 0 Å². The molecule has 3 aromatic rings. The highest BCUT2D eigenvalue weighted by Gasteiger charge is 2.39. The first kappa shape index (κ1) is 20.3. The summed E-state index contributed by atoms with van der Waals surface area (Å²) in [5.41, 5.74) is -0.0256. The second kappa shape index (κ2) is 7.38. The van der Waals surface area contributed by atoms with Crippen LogP contribution in [0.1, 0.15) is 41.3 Å². The first-order valence-corrected chi connectivity index (χ1v) is 9.63. The molecule has 0 fully saturated rings. The number of H-pyrrole nitrogens is 1. The van der Waals surface area contributed by atoms with Gasteiger partial charge in [-0.2, -0.15) is 13.2 Å². The lowest BCUT2D eigenvalue weighted by Gasteiger charge is -2.31. The number of hydrogen-bond acceptors (Lipinski definition) is 4. The van der Waals surface area contributed by atoms with E-state index >= 15 is 0 Å². The standard InChI is InChI=1S/C18H17ClF3N7O/c1-3-27-7-5-14(25-27)29-13-8-10(2)28(9-12(13)24-26-29)17(30)11-4-6-23-16(15(11)19)18(20,21)22/h4-7,10H,3,8-9H2,1-2H3/p+1/t10-/m0/s1. The minimum atomic E-state index is -4.75. The van der Waals surface area contributed by atoms with Gasteiger partial charge in [-0.15, -0.1) is 9.90 Å². The van der Waals surface area contributed by atoms with Crippen molar-refractivity contribution in [3.05, 3.63) is 52.2 Å². The van der Waals surface area contributed by atoms with Crippen LogP contribution in [0.4, 0.5) is 13.2 Å². The third-order valence-electron chi connectivity index (χ3n) is 5.06. The van der Waals surface area contributed by atoms with Gasteiger partial charge in [-0.3, -0.25) is 9.78 Å². The van der Waals surface area contributed by atoms with Gasteiger partial charge in [0.05, 0.1) is 23.7 Å². The van der Waals surface area contributed by atoms with Crippen molar-refractivity contribution in [2.45, 2.75) is 45.6 Å². The minimum Gasteiger partial charge on any atom is -0.328 e. The molecular weight excluding hydrogens is 423 g/mol. The third-order valence-corrected chi connectivity index (χ3v) is 5.44. The van der Waals surface area contributed by atoms with Gasteiger partial charge < -0.3 is 4.90 Å². The second-order valence-electron chi connectivity index (χ2n) is 6.98. The molecule has 30 heavy (non-hydrogen) atoms. The average molecular weight is 441 g/mol. The minimum absolute atomic E-state index is 0.132. The molecule has 0 unspecified atom stereocenters. The molecule has 4 heterocycles. The number of aromatic nitrogens is 6. The SMILES string of the molecule is CCn1ccc(-[n+]2[nH]nc3c2C[C@H](C)N(C(=O)c2ccnc(C(F)(F)F)c2Cl)C3)n1. The summed E-state index contributed by atoms with van der Waals surface area (Å²) in [5, 5.41) is 10.9. The van der Waals surface area contributed by atoms with Crippen LogP contribution in [0.5, 0.6) is 0 Å². The van der Waals surface area contributed by atoms with Crippen LogP contribution in [0, 0.1) is 0 Å². The van der Waals surface area contributed by atoms with Gasteiger partial charge in [0.25, 0.3) is 5.91 Å². The van der Waals surface area contributed by atoms with E-state index in [1.807, 2.05) is 26.1 Å². The Morgan fingerprint density at radius 3 is 2.83 bits per heavy atom. The summed E-state index contributed by atoms with van der Waals surface area (Å²) >= 11 is 5.89. The van der Waals surface area contributed by atoms with Crippen LogP contribution in [0.2, 0.25) is 5.02 Å². The number of pyridine rings is 1. The third kappa shape index (κ3) is 3.42. The monoisotopic (exact) mass is 440 g/mol. The molecule has 12 heteroatoms. The van der Waals surface area contributed by atoms with Gasteiger partial charge in [-0.05, 0) is 30.1 Å². The van der Waals surface area contributed by atoms with Gasteiger partial charge in [0.15, 0.2) is 11.4 Å². The topological polar surface area (TPSA) is 83.6 Å². The Morgan fingerprint density at radius 1 is 1.40 bits per heavy atom. The highest BCUT2D eigenvalue weighted by Crippen LogP contribution is 2.35. The summed E-state index contributed by atoms with van der Waals surface area (Å²) < 4.78 is 42.8. The molecule has 0 aromatic carbocycles. The lowest BCUT2D eigenvalue weighted by atomic mass is 10.0. The molecule has 1 amide bonds. The van der Waals surface area contributed by atoms with E-state index in [9.17, 15) is 18.0 Å². The van der Waals surface area contributed by atoms with E-state index in [2.05, 4.69) is 20.4 Å². The first-order chi connectivity index (χ1) is 14.2. The predicted molar refractivity (Wildman–Crippen MR) is 98.9 cm³/mol. The number of amides is 1. The van der Waals surface area contributed by atoms with Gasteiger partial charge in [0.2, 0.25) is 0 Å². The van der Waals surface area contributed by atoms with Crippen LogP contribution >= 0.6 is 11.6 Å². The highest BCUT2D eigenvalue weighted by molar-refractivity contribution is 6.34. The molecule has 1 atom stereocenters. The van der Waals surface area contributed by atoms with Gasteiger partial charge in [0.1, 0.15) is 5.69 Å². The van der Waals surface area contributed by atoms with Crippen LogP contribution in [-0.4, -0.2) is 41.9 Å². The molecule has 0 aliphatic carbocycles. The van der Waals surface area contributed by atoms with E-state index in [1.165, 1.54) is 11.0 Å². The fraction of sp³-hybridized carbons (Fsp3) is 0.389. The van der Waals surface area contributed by atoms with Crippen molar-refractivity contribution in [3.63, 3.8) is 0 Å². The Hall–Kier alpha value is -2.95. The number of alkyl halides is 3. The Balaban J connectivity index is 1.64. The number of nitrogens with one attached hydrogen (secondary N) is 1. The second-order valence-corrected chi connectivity index (χ2v) is 7.35. The number of nitrogens with zero attached hydrogens (tertiary/aromatic N) is 6. The lowest BCUT2D eigenvalue weighted by Crippen LogP contribution is -2.47. The smallest absolute Gasteiger partial charge is 0.328 e. The van der Waals surface area contributed by atoms with E-state index < -0.39 is 22.8 Å². The summed E-state index contributed by atoms with van der Waals surface area (Å²) in [6, 6.07) is 2.75. The molecule has 0 saturated carbocycles. The summed E-state index contributed by atoms with van der Waals surface area (Å²) in [5.74, 6) is 0.0698. The molecule has 1 aliphatic rings. The number of carbonyl (C=O) groups is 1. The Kier molecular flexibility index (Phi) is 5.00. The van der Waals surface area contributed by atoms with Gasteiger partial charge in [-0.25, -0.2) is 4.68 Å². The van der Waals surface area contributed by atoms with Crippen molar-refractivity contribution in [3.8, 4) is 5.82 Å². The van der Waals surface area contributed by atoms with E-state index in [4.69, 9.17) is 11.6 Å². The van der Waals surface area contributed by atoms with Crippen LogP contribution in [0.15, 0.2) is 24.5 Å². The van der Waals surface area contributed by atoms with E-state index in [0.29, 0.717) is 17.9 Å². The summed E-state index contributed by atoms with van der Waals surface area (Å²) in [6.45, 7) is 4.65. The maximum Gasteiger partial charge on any atom is 0.434 e. The van der Waals surface area contributed by atoms with Crippen molar-refractivity contribution in [2.24, 2.45) is 0 Å².